The number of aromatic carboxylic acids is 1. The maximum atomic E-state index is 13.6. The second-order valence-electron chi connectivity index (χ2n) is 8.10. The molecule has 1 aromatic carbocycles. The number of allylic oxidation sites excluding steroid dienone is 2. The maximum absolute atomic E-state index is 13.6. The first-order chi connectivity index (χ1) is 13.9. The Morgan fingerprint density at radius 1 is 1.17 bits per heavy atom. The molecular formula is C24H23NO3S. The van der Waals surface area contributed by atoms with Gasteiger partial charge in [0.15, 0.2) is 5.78 Å². The number of carbonyl (C=O) groups excluding carboxylic acids is 1. The Bertz CT molecular complexity index is 1190. The average Bonchev–Trinajstić information content (AvgIpc) is 3.09. The van der Waals surface area contributed by atoms with Crippen molar-refractivity contribution in [1.82, 2.24) is 0 Å². The zero-order chi connectivity index (χ0) is 20.6. The molecule has 1 fully saturated rings. The molecule has 0 amide bonds. The zero-order valence-corrected chi connectivity index (χ0v) is 17.4. The number of hydrogen-bond acceptors (Lipinski definition) is 4. The Labute approximate surface area is 173 Å². The number of thiophene rings is 1. The third-order valence-electron chi connectivity index (χ3n) is 5.79. The Morgan fingerprint density at radius 2 is 1.93 bits per heavy atom. The highest BCUT2D eigenvalue weighted by atomic mass is 32.1. The molecular weight excluding hydrogens is 382 g/mol. The van der Waals surface area contributed by atoms with Crippen LogP contribution in [0.25, 0.3) is 11.4 Å². The van der Waals surface area contributed by atoms with Crippen molar-refractivity contribution in [3.05, 3.63) is 67.9 Å². The van der Waals surface area contributed by atoms with Crippen LogP contribution in [0.3, 0.4) is 0 Å². The summed E-state index contributed by atoms with van der Waals surface area (Å²) in [7, 11) is 0. The maximum Gasteiger partial charge on any atom is 0.345 e. The van der Waals surface area contributed by atoms with Crippen LogP contribution in [0.4, 0.5) is 0 Å². The fourth-order valence-corrected chi connectivity index (χ4v) is 4.98. The van der Waals surface area contributed by atoms with Gasteiger partial charge in [-0.05, 0) is 61.7 Å². The Hall–Kier alpha value is -2.75. The molecule has 148 valence electrons. The standard InChI is InChI=1S/C24H23NO3S/c1-15-13-16-7-6-8-18(19-9-10-20(29-19)23(27)28)25-21(16)17(14-15)22(26)24(2)11-4-3-5-12-24/h6,8-10,13-14H,3-5,11-12H2,1-2H3,(H,27,28). The van der Waals surface area contributed by atoms with Gasteiger partial charge in [-0.25, -0.2) is 9.79 Å². The molecule has 1 N–H and O–H groups in total. The number of hydrogen-bond donors (Lipinski definition) is 1. The van der Waals surface area contributed by atoms with Crippen molar-refractivity contribution in [2.75, 3.05) is 0 Å². The van der Waals surface area contributed by atoms with Gasteiger partial charge in [-0.15, -0.1) is 17.1 Å². The van der Waals surface area contributed by atoms with Gasteiger partial charge >= 0.3 is 5.97 Å². The Kier molecular flexibility index (Phi) is 5.12. The molecule has 0 bridgehead atoms. The highest BCUT2D eigenvalue weighted by Gasteiger charge is 2.36. The van der Waals surface area contributed by atoms with Gasteiger partial charge in [-0.1, -0.05) is 26.2 Å². The molecule has 29 heavy (non-hydrogen) atoms. The van der Waals surface area contributed by atoms with Crippen molar-refractivity contribution < 1.29 is 14.7 Å². The lowest BCUT2D eigenvalue weighted by atomic mass is 9.71. The minimum absolute atomic E-state index is 0.154. The van der Waals surface area contributed by atoms with Gasteiger partial charge in [-0.2, -0.15) is 0 Å². The first-order valence-electron chi connectivity index (χ1n) is 9.92. The van der Waals surface area contributed by atoms with E-state index in [0.717, 1.165) is 41.3 Å². The van der Waals surface area contributed by atoms with Crippen LogP contribution in [0.5, 0.6) is 0 Å². The molecule has 0 unspecified atom stereocenters. The van der Waals surface area contributed by atoms with E-state index in [1.54, 1.807) is 18.2 Å². The Morgan fingerprint density at radius 3 is 2.62 bits per heavy atom. The van der Waals surface area contributed by atoms with E-state index >= 15 is 0 Å². The van der Waals surface area contributed by atoms with E-state index < -0.39 is 5.97 Å². The normalized spacial score (nSPS) is 17.4. The highest BCUT2D eigenvalue weighted by molar-refractivity contribution is 7.15. The molecule has 1 aliphatic carbocycles. The minimum Gasteiger partial charge on any atom is -0.477 e. The number of carboxylic acid groups (broad SMARTS) is 1. The molecule has 0 radical (unpaired) electrons. The smallest absolute Gasteiger partial charge is 0.345 e. The molecule has 5 heteroatoms. The van der Waals surface area contributed by atoms with Crippen LogP contribution in [-0.2, 0) is 0 Å². The number of carbonyl (C=O) groups is 2. The molecule has 2 heterocycles. The largest absolute Gasteiger partial charge is 0.477 e. The number of Topliss-reactive ketones (excluding diaryl/α,β-unsaturated/α-hetero) is 1. The number of rotatable bonds is 4. The van der Waals surface area contributed by atoms with Gasteiger partial charge in [0.25, 0.3) is 0 Å². The molecule has 2 aliphatic rings. The van der Waals surface area contributed by atoms with Crippen LogP contribution in [-0.4, -0.2) is 16.9 Å². The van der Waals surface area contributed by atoms with Crippen molar-refractivity contribution >= 4 is 34.5 Å². The van der Waals surface area contributed by atoms with Crippen molar-refractivity contribution in [1.29, 1.82) is 0 Å². The van der Waals surface area contributed by atoms with Crippen molar-refractivity contribution in [2.24, 2.45) is 10.4 Å². The summed E-state index contributed by atoms with van der Waals surface area (Å²) >= 11 is 1.18. The number of fused-ring (bicyclic) bond motifs is 1. The lowest BCUT2D eigenvalue weighted by Crippen LogP contribution is -2.38. The quantitative estimate of drug-likeness (QED) is 0.761. The van der Waals surface area contributed by atoms with E-state index in [4.69, 9.17) is 4.99 Å². The molecule has 2 aromatic rings. The molecule has 0 saturated heterocycles. The molecule has 1 aliphatic heterocycles. The summed E-state index contributed by atoms with van der Waals surface area (Å²) in [5, 5.41) is 10.7. The van der Waals surface area contributed by atoms with Gasteiger partial charge in [0.05, 0.1) is 15.9 Å². The van der Waals surface area contributed by atoms with Crippen LogP contribution < -0.4 is 10.6 Å². The summed E-state index contributed by atoms with van der Waals surface area (Å²) in [6.07, 6.45) is 8.78. The fraction of sp³-hybridized carbons (Fsp3) is 0.333. The van der Waals surface area contributed by atoms with Crippen molar-refractivity contribution in [3.63, 3.8) is 0 Å². The van der Waals surface area contributed by atoms with E-state index in [2.05, 4.69) is 12.7 Å². The van der Waals surface area contributed by atoms with E-state index in [1.165, 1.54) is 17.8 Å². The fourth-order valence-electron chi connectivity index (χ4n) is 4.16. The summed E-state index contributed by atoms with van der Waals surface area (Å²) < 4.78 is 0. The van der Waals surface area contributed by atoms with Crippen LogP contribution in [0, 0.1) is 12.3 Å². The van der Waals surface area contributed by atoms with Crippen LogP contribution in [0.15, 0.2) is 41.4 Å². The summed E-state index contributed by atoms with van der Waals surface area (Å²) in [5.41, 5.74) is 5.20. The van der Waals surface area contributed by atoms with Crippen LogP contribution in [0.1, 0.15) is 69.5 Å². The third kappa shape index (κ3) is 3.76. The molecule has 1 aromatic heterocycles. The molecule has 4 nitrogen and oxygen atoms in total. The lowest BCUT2D eigenvalue weighted by Gasteiger charge is -2.32. The van der Waals surface area contributed by atoms with Gasteiger partial charge in [0, 0.05) is 16.2 Å². The molecule has 4 rings (SSSR count). The van der Waals surface area contributed by atoms with E-state index in [0.29, 0.717) is 16.6 Å². The van der Waals surface area contributed by atoms with Gasteiger partial charge in [-0.3, -0.25) is 4.79 Å². The van der Waals surface area contributed by atoms with Crippen molar-refractivity contribution in [2.45, 2.75) is 46.0 Å². The monoisotopic (exact) mass is 405 g/mol. The van der Waals surface area contributed by atoms with Gasteiger partial charge < -0.3 is 5.11 Å². The first-order valence-corrected chi connectivity index (χ1v) is 10.7. The summed E-state index contributed by atoms with van der Waals surface area (Å²) in [5.74, 6) is -0.795. The number of nitrogens with zero attached hydrogens (tertiary/aromatic N) is 1. The third-order valence-corrected chi connectivity index (χ3v) is 6.88. The second kappa shape index (κ2) is 7.58. The SMILES string of the molecule is Cc1cc(C(=O)C2(C)CCCCC2)c2c(c1)=C=CC=C(c1ccc(C(=O)O)s1)N=2. The predicted octanol–water partition coefficient (Wildman–Crippen LogP) is 4.52. The first kappa shape index (κ1) is 19.6. The van der Waals surface area contributed by atoms with Crippen LogP contribution >= 0.6 is 11.3 Å². The lowest BCUT2D eigenvalue weighted by molar-refractivity contribution is 0.0701. The van der Waals surface area contributed by atoms with Crippen molar-refractivity contribution in [3.8, 4) is 0 Å². The van der Waals surface area contributed by atoms with E-state index in [9.17, 15) is 14.7 Å². The van der Waals surface area contributed by atoms with Gasteiger partial charge in [0.2, 0.25) is 0 Å². The van der Waals surface area contributed by atoms with Crippen LogP contribution in [0.2, 0.25) is 0 Å². The van der Waals surface area contributed by atoms with E-state index in [1.807, 2.05) is 25.1 Å². The number of benzene rings is 1. The summed E-state index contributed by atoms with van der Waals surface area (Å²) in [6.45, 7) is 4.06. The average molecular weight is 406 g/mol. The Balaban J connectivity index is 1.87. The predicted molar refractivity (Wildman–Crippen MR) is 115 cm³/mol. The highest BCUT2D eigenvalue weighted by Crippen LogP contribution is 2.38. The second-order valence-corrected chi connectivity index (χ2v) is 9.19. The topological polar surface area (TPSA) is 66.7 Å². The minimum atomic E-state index is -0.949. The number of aryl methyl sites for hydroxylation is 1. The summed E-state index contributed by atoms with van der Waals surface area (Å²) in [4.78, 5) is 30.7. The molecule has 0 spiro atoms. The number of carboxylic acids is 1. The molecule has 1 saturated carbocycles. The number of ketones is 1. The van der Waals surface area contributed by atoms with E-state index in [-0.39, 0.29) is 16.1 Å². The van der Waals surface area contributed by atoms with Gasteiger partial charge in [0.1, 0.15) is 4.88 Å². The zero-order valence-electron chi connectivity index (χ0n) is 16.6. The summed E-state index contributed by atoms with van der Waals surface area (Å²) in [6, 6.07) is 7.28. The molecule has 0 atom stereocenters.